The lowest BCUT2D eigenvalue weighted by Crippen LogP contribution is -2.13. The number of carbonyl (C=O) groups excluding carboxylic acids is 1. The van der Waals surface area contributed by atoms with Crippen LogP contribution in [0.15, 0.2) is 41.8 Å². The number of methoxy groups -OCH3 is 2. The van der Waals surface area contributed by atoms with Gasteiger partial charge in [-0.05, 0) is 24.6 Å². The standard InChI is InChI=1S/C19H17N3O5S/c1-11-7-8-12(22(24)25)9-14(11)20-18(23)15-10-28-19(21-15)13-5-4-6-16(26-2)17(13)27-3/h4-10H,1-3H3,(H,20,23). The van der Waals surface area contributed by atoms with E-state index in [9.17, 15) is 14.9 Å². The van der Waals surface area contributed by atoms with Gasteiger partial charge >= 0.3 is 0 Å². The number of nitrogens with zero attached hydrogens (tertiary/aromatic N) is 2. The van der Waals surface area contributed by atoms with Gasteiger partial charge in [0.25, 0.3) is 11.6 Å². The molecule has 0 aliphatic rings. The molecule has 0 radical (unpaired) electrons. The first kappa shape index (κ1) is 19.3. The number of nitrogens with one attached hydrogen (secondary N) is 1. The van der Waals surface area contributed by atoms with Gasteiger partial charge in [-0.15, -0.1) is 11.3 Å². The number of non-ortho nitro benzene ring substituents is 1. The van der Waals surface area contributed by atoms with E-state index in [0.29, 0.717) is 33.3 Å². The van der Waals surface area contributed by atoms with E-state index in [0.717, 1.165) is 0 Å². The number of amides is 1. The highest BCUT2D eigenvalue weighted by atomic mass is 32.1. The van der Waals surface area contributed by atoms with Gasteiger partial charge in [0.05, 0.1) is 30.4 Å². The number of anilines is 1. The minimum absolute atomic E-state index is 0.0963. The van der Waals surface area contributed by atoms with Crippen LogP contribution in [0.5, 0.6) is 11.5 Å². The van der Waals surface area contributed by atoms with Crippen molar-refractivity contribution in [3.8, 4) is 22.1 Å². The summed E-state index contributed by atoms with van der Waals surface area (Å²) in [6.07, 6.45) is 0. The minimum Gasteiger partial charge on any atom is -0.493 e. The van der Waals surface area contributed by atoms with Crippen LogP contribution in [-0.2, 0) is 0 Å². The molecule has 0 spiro atoms. The fourth-order valence-electron chi connectivity index (χ4n) is 2.60. The summed E-state index contributed by atoms with van der Waals surface area (Å²) in [5, 5.41) is 15.9. The molecule has 2 aromatic carbocycles. The Hall–Kier alpha value is -3.46. The maximum Gasteiger partial charge on any atom is 0.275 e. The molecule has 0 saturated carbocycles. The van der Waals surface area contributed by atoms with Crippen LogP contribution in [0.4, 0.5) is 11.4 Å². The maximum atomic E-state index is 12.6. The molecule has 0 fully saturated rings. The third-order valence-corrected chi connectivity index (χ3v) is 4.93. The first-order valence-corrected chi connectivity index (χ1v) is 9.06. The van der Waals surface area contributed by atoms with Gasteiger partial charge in [0.1, 0.15) is 10.7 Å². The quantitative estimate of drug-likeness (QED) is 0.490. The predicted octanol–water partition coefficient (Wildman–Crippen LogP) is 4.30. The van der Waals surface area contributed by atoms with Crippen LogP contribution in [0.1, 0.15) is 16.1 Å². The van der Waals surface area contributed by atoms with E-state index in [1.54, 1.807) is 31.5 Å². The molecular formula is C19H17N3O5S. The van der Waals surface area contributed by atoms with Crippen molar-refractivity contribution in [2.75, 3.05) is 19.5 Å². The number of rotatable bonds is 6. The van der Waals surface area contributed by atoms with E-state index >= 15 is 0 Å². The average Bonchev–Trinajstić information content (AvgIpc) is 3.18. The number of thiazole rings is 1. The molecule has 8 nitrogen and oxygen atoms in total. The second-order valence-electron chi connectivity index (χ2n) is 5.79. The molecule has 3 aromatic rings. The van der Waals surface area contributed by atoms with E-state index in [1.165, 1.54) is 30.6 Å². The second-order valence-corrected chi connectivity index (χ2v) is 6.65. The molecule has 1 heterocycles. The summed E-state index contributed by atoms with van der Waals surface area (Å²) in [5.74, 6) is 0.641. The van der Waals surface area contributed by atoms with Crippen LogP contribution in [-0.4, -0.2) is 30.0 Å². The largest absolute Gasteiger partial charge is 0.493 e. The number of hydrogen-bond donors (Lipinski definition) is 1. The highest BCUT2D eigenvalue weighted by Gasteiger charge is 2.18. The fraction of sp³-hybridized carbons (Fsp3) is 0.158. The zero-order valence-electron chi connectivity index (χ0n) is 15.4. The summed E-state index contributed by atoms with van der Waals surface area (Å²) in [4.78, 5) is 27.4. The molecule has 0 bridgehead atoms. The lowest BCUT2D eigenvalue weighted by atomic mass is 10.1. The number of nitro benzene ring substituents is 1. The molecule has 1 amide bonds. The molecule has 9 heteroatoms. The maximum absolute atomic E-state index is 12.6. The van der Waals surface area contributed by atoms with Gasteiger partial charge < -0.3 is 14.8 Å². The van der Waals surface area contributed by atoms with Gasteiger partial charge in [0, 0.05) is 17.5 Å². The van der Waals surface area contributed by atoms with Gasteiger partial charge in [-0.1, -0.05) is 12.1 Å². The Morgan fingerprint density at radius 2 is 2.00 bits per heavy atom. The number of aromatic nitrogens is 1. The Bertz CT molecular complexity index is 1050. The average molecular weight is 399 g/mol. The highest BCUT2D eigenvalue weighted by molar-refractivity contribution is 7.13. The van der Waals surface area contributed by atoms with Crippen LogP contribution in [0.3, 0.4) is 0 Å². The van der Waals surface area contributed by atoms with Crippen molar-refractivity contribution in [1.29, 1.82) is 0 Å². The summed E-state index contributed by atoms with van der Waals surface area (Å²) >= 11 is 1.29. The SMILES string of the molecule is COc1cccc(-c2nc(C(=O)Nc3cc([N+](=O)[O-])ccc3C)cs2)c1OC. The summed E-state index contributed by atoms with van der Waals surface area (Å²) in [6.45, 7) is 1.76. The first-order chi connectivity index (χ1) is 13.4. The number of carbonyl (C=O) groups is 1. The van der Waals surface area contributed by atoms with Crippen LogP contribution in [0.2, 0.25) is 0 Å². The molecule has 0 unspecified atom stereocenters. The van der Waals surface area contributed by atoms with Crippen molar-refractivity contribution in [1.82, 2.24) is 4.98 Å². The Morgan fingerprint density at radius 3 is 2.68 bits per heavy atom. The lowest BCUT2D eigenvalue weighted by molar-refractivity contribution is -0.384. The fourth-order valence-corrected chi connectivity index (χ4v) is 3.42. The van der Waals surface area contributed by atoms with Crippen LogP contribution < -0.4 is 14.8 Å². The number of hydrogen-bond acceptors (Lipinski definition) is 7. The van der Waals surface area contributed by atoms with Gasteiger partial charge in [-0.3, -0.25) is 14.9 Å². The van der Waals surface area contributed by atoms with E-state index in [1.807, 2.05) is 12.1 Å². The van der Waals surface area contributed by atoms with Crippen molar-refractivity contribution in [3.05, 3.63) is 63.1 Å². The first-order valence-electron chi connectivity index (χ1n) is 8.18. The summed E-state index contributed by atoms with van der Waals surface area (Å²) in [6, 6.07) is 9.71. The van der Waals surface area contributed by atoms with E-state index in [4.69, 9.17) is 9.47 Å². The van der Waals surface area contributed by atoms with Crippen molar-refractivity contribution in [2.45, 2.75) is 6.92 Å². The highest BCUT2D eigenvalue weighted by Crippen LogP contribution is 2.39. The number of benzene rings is 2. The van der Waals surface area contributed by atoms with E-state index in [2.05, 4.69) is 10.3 Å². The number of para-hydroxylation sites is 1. The van der Waals surface area contributed by atoms with Crippen molar-refractivity contribution in [3.63, 3.8) is 0 Å². The van der Waals surface area contributed by atoms with Crippen LogP contribution in [0.25, 0.3) is 10.6 Å². The van der Waals surface area contributed by atoms with Gasteiger partial charge in [0.2, 0.25) is 0 Å². The zero-order valence-corrected chi connectivity index (χ0v) is 16.2. The second kappa shape index (κ2) is 8.05. The van der Waals surface area contributed by atoms with E-state index in [-0.39, 0.29) is 11.4 Å². The topological polar surface area (TPSA) is 104 Å². The molecule has 0 aliphatic heterocycles. The number of aryl methyl sites for hydroxylation is 1. The molecule has 3 rings (SSSR count). The predicted molar refractivity (Wildman–Crippen MR) is 106 cm³/mol. The zero-order chi connectivity index (χ0) is 20.3. The van der Waals surface area contributed by atoms with Crippen LogP contribution >= 0.6 is 11.3 Å². The number of ether oxygens (including phenoxy) is 2. The van der Waals surface area contributed by atoms with E-state index < -0.39 is 10.8 Å². The Balaban J connectivity index is 1.88. The Morgan fingerprint density at radius 1 is 1.21 bits per heavy atom. The molecule has 0 atom stereocenters. The molecule has 1 N–H and O–H groups in total. The smallest absolute Gasteiger partial charge is 0.275 e. The Labute approximate surface area is 164 Å². The summed E-state index contributed by atoms with van der Waals surface area (Å²) in [7, 11) is 3.08. The summed E-state index contributed by atoms with van der Waals surface area (Å²) in [5.41, 5.74) is 1.89. The molecule has 0 saturated heterocycles. The summed E-state index contributed by atoms with van der Waals surface area (Å²) < 4.78 is 10.7. The lowest BCUT2D eigenvalue weighted by Gasteiger charge is -2.10. The van der Waals surface area contributed by atoms with Crippen molar-refractivity contribution < 1.29 is 19.2 Å². The molecule has 0 aliphatic carbocycles. The number of nitro groups is 1. The molecular weight excluding hydrogens is 382 g/mol. The molecule has 28 heavy (non-hydrogen) atoms. The normalized spacial score (nSPS) is 10.4. The monoisotopic (exact) mass is 399 g/mol. The van der Waals surface area contributed by atoms with Gasteiger partial charge in [0.15, 0.2) is 11.5 Å². The van der Waals surface area contributed by atoms with Gasteiger partial charge in [-0.25, -0.2) is 4.98 Å². The minimum atomic E-state index is -0.509. The van der Waals surface area contributed by atoms with Crippen LogP contribution in [0, 0.1) is 17.0 Å². The Kier molecular flexibility index (Phi) is 5.55. The molecule has 144 valence electrons. The molecule has 1 aromatic heterocycles. The van der Waals surface area contributed by atoms with Crippen molar-refractivity contribution in [2.24, 2.45) is 0 Å². The third kappa shape index (κ3) is 3.79. The van der Waals surface area contributed by atoms with Gasteiger partial charge in [-0.2, -0.15) is 0 Å². The third-order valence-electron chi connectivity index (χ3n) is 4.05. The van der Waals surface area contributed by atoms with Crippen molar-refractivity contribution >= 4 is 28.6 Å².